The van der Waals surface area contributed by atoms with E-state index in [1.54, 1.807) is 11.3 Å². The number of piperidine rings is 1. The summed E-state index contributed by atoms with van der Waals surface area (Å²) >= 11 is 1.70. The van der Waals surface area contributed by atoms with E-state index >= 15 is 0 Å². The van der Waals surface area contributed by atoms with E-state index in [1.165, 1.54) is 5.01 Å². The van der Waals surface area contributed by atoms with Gasteiger partial charge in [0, 0.05) is 17.9 Å². The van der Waals surface area contributed by atoms with E-state index in [0.717, 1.165) is 47.3 Å². The summed E-state index contributed by atoms with van der Waals surface area (Å²) in [6, 6.07) is 13.2. The van der Waals surface area contributed by atoms with Gasteiger partial charge < -0.3 is 15.7 Å². The Labute approximate surface area is 167 Å². The minimum absolute atomic E-state index is 0.153. The lowest BCUT2D eigenvalue weighted by atomic mass is 9.99. The van der Waals surface area contributed by atoms with Gasteiger partial charge in [-0.25, -0.2) is 4.98 Å². The molecule has 1 saturated heterocycles. The maximum atomic E-state index is 12.9. The fourth-order valence-electron chi connectivity index (χ4n) is 4.30. The van der Waals surface area contributed by atoms with E-state index in [1.807, 2.05) is 42.5 Å². The Morgan fingerprint density at radius 2 is 2.00 bits per heavy atom. The van der Waals surface area contributed by atoms with Gasteiger partial charge in [-0.2, -0.15) is 0 Å². The second kappa shape index (κ2) is 7.28. The molecule has 1 aliphatic heterocycles. The zero-order valence-electron chi connectivity index (χ0n) is 15.5. The Bertz CT molecular complexity index is 1030. The van der Waals surface area contributed by atoms with E-state index in [-0.39, 0.29) is 11.9 Å². The molecular weight excluding hydrogens is 370 g/mol. The van der Waals surface area contributed by atoms with E-state index in [0.29, 0.717) is 17.9 Å². The molecule has 0 radical (unpaired) electrons. The Kier molecular flexibility index (Phi) is 4.62. The lowest BCUT2D eigenvalue weighted by Crippen LogP contribution is -2.33. The Hall–Kier alpha value is -2.28. The topological polar surface area (TPSA) is 74.2 Å². The van der Waals surface area contributed by atoms with Crippen LogP contribution in [0.4, 0.5) is 0 Å². The number of amides is 1. The molecule has 28 heavy (non-hydrogen) atoms. The molecule has 5 rings (SSSR count). The maximum absolute atomic E-state index is 12.9. The van der Waals surface area contributed by atoms with Gasteiger partial charge >= 0.3 is 0 Å². The van der Waals surface area contributed by atoms with Gasteiger partial charge in [-0.05, 0) is 55.3 Å². The van der Waals surface area contributed by atoms with Gasteiger partial charge in [0.2, 0.25) is 0 Å². The fourth-order valence-corrected chi connectivity index (χ4v) is 5.48. The molecule has 2 atom stereocenters. The minimum Gasteiger partial charge on any atom is -0.390 e. The van der Waals surface area contributed by atoms with Crippen molar-refractivity contribution in [3.05, 3.63) is 64.2 Å². The number of fused-ring (bicyclic) bond motifs is 2. The van der Waals surface area contributed by atoms with Crippen molar-refractivity contribution in [3.8, 4) is 0 Å². The third kappa shape index (κ3) is 3.21. The lowest BCUT2D eigenvalue weighted by Gasteiger charge is -2.20. The van der Waals surface area contributed by atoms with Crippen molar-refractivity contribution in [3.63, 3.8) is 0 Å². The summed E-state index contributed by atoms with van der Waals surface area (Å²) in [7, 11) is 0. The maximum Gasteiger partial charge on any atom is 0.251 e. The lowest BCUT2D eigenvalue weighted by molar-refractivity contribution is 0.0858. The second-order valence-electron chi connectivity index (χ2n) is 7.68. The van der Waals surface area contributed by atoms with E-state index in [2.05, 4.69) is 10.6 Å². The molecule has 1 aliphatic carbocycles. The number of nitrogens with zero attached hydrogens (tertiary/aromatic N) is 1. The number of hydrogen-bond donors (Lipinski definition) is 3. The van der Waals surface area contributed by atoms with Crippen LogP contribution in [0.25, 0.3) is 10.2 Å². The first-order chi connectivity index (χ1) is 13.7. The largest absolute Gasteiger partial charge is 0.390 e. The summed E-state index contributed by atoms with van der Waals surface area (Å²) in [6.45, 7) is 2.08. The third-order valence-electron chi connectivity index (χ3n) is 5.85. The first-order valence-electron chi connectivity index (χ1n) is 9.87. The number of aliphatic hydroxyl groups is 1. The van der Waals surface area contributed by atoms with Crippen LogP contribution >= 0.6 is 11.3 Å². The number of thiazole rings is 1. The van der Waals surface area contributed by atoms with Gasteiger partial charge in [-0.3, -0.25) is 4.79 Å². The first-order valence-corrected chi connectivity index (χ1v) is 10.7. The average Bonchev–Trinajstić information content (AvgIpc) is 3.29. The van der Waals surface area contributed by atoms with Crippen LogP contribution in [-0.4, -0.2) is 35.2 Å². The molecule has 6 heteroatoms. The number of aromatic nitrogens is 1. The number of aliphatic hydroxyl groups excluding tert-OH is 1. The van der Waals surface area contributed by atoms with Crippen molar-refractivity contribution in [1.29, 1.82) is 0 Å². The quantitative estimate of drug-likeness (QED) is 0.639. The fraction of sp³-hybridized carbons (Fsp3) is 0.364. The standard InChI is InChI=1S/C22H23N3O2S/c26-18-11-14-3-1-2-4-16(14)20(18)25-21(27)15-5-6-17-19(12-15)28-22(24-17)13-7-9-23-10-8-13/h1-6,12-13,18,20,23,26H,7-11H2,(H,25,27)/t18-,20-/m1/s1. The van der Waals surface area contributed by atoms with E-state index in [4.69, 9.17) is 4.98 Å². The zero-order chi connectivity index (χ0) is 19.1. The van der Waals surface area contributed by atoms with Gasteiger partial charge in [-0.1, -0.05) is 24.3 Å². The number of benzene rings is 2. The normalized spacial score (nSPS) is 22.3. The SMILES string of the molecule is O=C(N[C@@H]1c2ccccc2C[C@H]1O)c1ccc2nc(C3CCNCC3)sc2c1. The molecule has 3 aromatic rings. The van der Waals surface area contributed by atoms with Crippen LogP contribution < -0.4 is 10.6 Å². The van der Waals surface area contributed by atoms with Crippen molar-refractivity contribution >= 4 is 27.5 Å². The molecule has 144 valence electrons. The van der Waals surface area contributed by atoms with Crippen LogP contribution in [0.1, 0.15) is 51.3 Å². The summed E-state index contributed by atoms with van der Waals surface area (Å²) in [4.78, 5) is 17.7. The molecule has 0 bridgehead atoms. The van der Waals surface area contributed by atoms with Crippen molar-refractivity contribution in [1.82, 2.24) is 15.6 Å². The Morgan fingerprint density at radius 1 is 1.18 bits per heavy atom. The number of carbonyl (C=O) groups excluding carboxylic acids is 1. The first kappa shape index (κ1) is 17.8. The van der Waals surface area contributed by atoms with Crippen LogP contribution in [-0.2, 0) is 6.42 Å². The monoisotopic (exact) mass is 393 g/mol. The molecule has 1 fully saturated rings. The van der Waals surface area contributed by atoms with Gasteiger partial charge in [-0.15, -0.1) is 11.3 Å². The molecule has 5 nitrogen and oxygen atoms in total. The smallest absolute Gasteiger partial charge is 0.251 e. The third-order valence-corrected chi connectivity index (χ3v) is 7.03. The van der Waals surface area contributed by atoms with E-state index in [9.17, 15) is 9.90 Å². The highest BCUT2D eigenvalue weighted by Gasteiger charge is 2.32. The molecule has 3 N–H and O–H groups in total. The molecule has 0 spiro atoms. The zero-order valence-corrected chi connectivity index (χ0v) is 16.3. The average molecular weight is 394 g/mol. The molecule has 2 heterocycles. The highest BCUT2D eigenvalue weighted by atomic mass is 32.1. The van der Waals surface area contributed by atoms with Gasteiger partial charge in [0.15, 0.2) is 0 Å². The summed E-state index contributed by atoms with van der Waals surface area (Å²) in [5.74, 6) is 0.362. The van der Waals surface area contributed by atoms with Crippen LogP contribution in [0.3, 0.4) is 0 Å². The minimum atomic E-state index is -0.583. The van der Waals surface area contributed by atoms with Gasteiger partial charge in [0.1, 0.15) is 0 Å². The Morgan fingerprint density at radius 3 is 2.86 bits per heavy atom. The number of rotatable bonds is 3. The van der Waals surface area contributed by atoms with Crippen molar-refractivity contribution in [2.45, 2.75) is 37.3 Å². The molecular formula is C22H23N3O2S. The Balaban J connectivity index is 1.37. The second-order valence-corrected chi connectivity index (χ2v) is 8.74. The van der Waals surface area contributed by atoms with Gasteiger partial charge in [0.05, 0.1) is 27.4 Å². The summed E-state index contributed by atoms with van der Waals surface area (Å²) < 4.78 is 1.05. The summed E-state index contributed by atoms with van der Waals surface area (Å²) in [5, 5.41) is 18.0. The molecule has 2 aromatic carbocycles. The van der Waals surface area contributed by atoms with Crippen molar-refractivity contribution in [2.75, 3.05) is 13.1 Å². The van der Waals surface area contributed by atoms with E-state index < -0.39 is 6.10 Å². The van der Waals surface area contributed by atoms with Crippen LogP contribution in [0, 0.1) is 0 Å². The van der Waals surface area contributed by atoms with Crippen LogP contribution in [0.2, 0.25) is 0 Å². The predicted octanol–water partition coefficient (Wildman–Crippen LogP) is 3.15. The molecule has 1 aromatic heterocycles. The van der Waals surface area contributed by atoms with Crippen molar-refractivity contribution < 1.29 is 9.90 Å². The van der Waals surface area contributed by atoms with Crippen LogP contribution in [0.5, 0.6) is 0 Å². The highest BCUT2D eigenvalue weighted by Crippen LogP contribution is 2.34. The number of carbonyl (C=O) groups is 1. The predicted molar refractivity (Wildman–Crippen MR) is 111 cm³/mol. The molecule has 1 amide bonds. The van der Waals surface area contributed by atoms with Crippen molar-refractivity contribution in [2.24, 2.45) is 0 Å². The van der Waals surface area contributed by atoms with Gasteiger partial charge in [0.25, 0.3) is 5.91 Å². The number of nitrogens with one attached hydrogen (secondary N) is 2. The molecule has 2 aliphatic rings. The summed E-state index contributed by atoms with van der Waals surface area (Å²) in [5.41, 5.74) is 3.69. The highest BCUT2D eigenvalue weighted by molar-refractivity contribution is 7.18. The number of hydrogen-bond acceptors (Lipinski definition) is 5. The molecule has 0 unspecified atom stereocenters. The summed E-state index contributed by atoms with van der Waals surface area (Å²) in [6.07, 6.45) is 2.23. The molecule has 0 saturated carbocycles. The van der Waals surface area contributed by atoms with Crippen LogP contribution in [0.15, 0.2) is 42.5 Å².